The molecule has 0 saturated heterocycles. The summed E-state index contributed by atoms with van der Waals surface area (Å²) in [5, 5.41) is 10.1. The van der Waals surface area contributed by atoms with Crippen LogP contribution in [0, 0.1) is 6.92 Å². The van der Waals surface area contributed by atoms with Crippen LogP contribution >= 0.6 is 0 Å². The van der Waals surface area contributed by atoms with Crippen molar-refractivity contribution in [1.82, 2.24) is 0 Å². The lowest BCUT2D eigenvalue weighted by molar-refractivity contribution is -0.116. The van der Waals surface area contributed by atoms with E-state index >= 15 is 0 Å². The topological polar surface area (TPSA) is 109 Å². The van der Waals surface area contributed by atoms with E-state index in [1.807, 2.05) is 31.2 Å². The number of methoxy groups -OCH3 is 1. The first-order chi connectivity index (χ1) is 19.4. The van der Waals surface area contributed by atoms with Crippen LogP contribution in [-0.4, -0.2) is 30.4 Å². The molecule has 5 rings (SSSR count). The summed E-state index contributed by atoms with van der Waals surface area (Å²) in [6, 6.07) is 28.5. The van der Waals surface area contributed by atoms with Crippen LogP contribution < -0.4 is 20.8 Å². The summed E-state index contributed by atoms with van der Waals surface area (Å²) >= 11 is 0. The Kier molecular flexibility index (Phi) is 7.50. The molecule has 0 heterocycles. The van der Waals surface area contributed by atoms with E-state index in [1.165, 1.54) is 7.11 Å². The molecule has 3 N–H and O–H groups in total. The molecule has 0 aromatic heterocycles. The SMILES string of the molecule is COc1cc(NC(=O)c2ccccc2)c(C)cc1NN=C1C(=O)C(C(=O)Nc2ccccc2)=Cc2ccccc21. The number of para-hydroxylation sites is 1. The number of hydrogen-bond donors (Lipinski definition) is 3. The number of hydrogen-bond acceptors (Lipinski definition) is 6. The van der Waals surface area contributed by atoms with E-state index in [1.54, 1.807) is 78.9 Å². The highest BCUT2D eigenvalue weighted by Gasteiger charge is 2.30. The number of nitrogens with zero attached hydrogens (tertiary/aromatic N) is 1. The highest BCUT2D eigenvalue weighted by molar-refractivity contribution is 6.59. The predicted molar refractivity (Wildman–Crippen MR) is 157 cm³/mol. The largest absolute Gasteiger partial charge is 0.494 e. The Morgan fingerprint density at radius 2 is 1.45 bits per heavy atom. The fraction of sp³-hybridized carbons (Fsp3) is 0.0625. The zero-order valence-corrected chi connectivity index (χ0v) is 21.9. The second-order valence-electron chi connectivity index (χ2n) is 9.05. The fourth-order valence-corrected chi connectivity index (χ4v) is 4.29. The summed E-state index contributed by atoms with van der Waals surface area (Å²) in [7, 11) is 1.50. The average Bonchev–Trinajstić information content (AvgIpc) is 2.98. The first-order valence-electron chi connectivity index (χ1n) is 12.6. The molecule has 0 radical (unpaired) electrons. The molecule has 0 bridgehead atoms. The fourth-order valence-electron chi connectivity index (χ4n) is 4.29. The standard InChI is InChI=1S/C32H26N4O4/c1-20-17-27(28(40-2)19-26(20)34-31(38)21-11-5-3-6-12-21)35-36-29-24-16-10-9-13-22(24)18-25(30(29)37)32(39)33-23-14-7-4-8-15-23/h3-19,35H,1-2H3,(H,33,39)(H,34,38). The number of rotatable bonds is 7. The smallest absolute Gasteiger partial charge is 0.259 e. The molecular weight excluding hydrogens is 504 g/mol. The van der Waals surface area contributed by atoms with E-state index in [0.717, 1.165) is 5.56 Å². The van der Waals surface area contributed by atoms with Crippen LogP contribution in [0.3, 0.4) is 0 Å². The molecule has 1 aliphatic rings. The molecule has 4 aromatic rings. The molecule has 8 nitrogen and oxygen atoms in total. The maximum Gasteiger partial charge on any atom is 0.259 e. The van der Waals surface area contributed by atoms with Crippen LogP contribution in [0.5, 0.6) is 5.75 Å². The number of amides is 2. The maximum absolute atomic E-state index is 13.5. The lowest BCUT2D eigenvalue weighted by Gasteiger charge is -2.18. The van der Waals surface area contributed by atoms with Gasteiger partial charge in [-0.25, -0.2) is 0 Å². The van der Waals surface area contributed by atoms with E-state index in [9.17, 15) is 14.4 Å². The van der Waals surface area contributed by atoms with Crippen LogP contribution in [0.4, 0.5) is 17.1 Å². The average molecular weight is 531 g/mol. The van der Waals surface area contributed by atoms with Crippen LogP contribution in [0.25, 0.3) is 6.08 Å². The second kappa shape index (κ2) is 11.5. The molecule has 0 unspecified atom stereocenters. The Morgan fingerprint density at radius 1 is 0.775 bits per heavy atom. The summed E-state index contributed by atoms with van der Waals surface area (Å²) in [5.41, 5.74) is 7.23. The molecule has 0 saturated carbocycles. The van der Waals surface area contributed by atoms with Gasteiger partial charge >= 0.3 is 0 Å². The summed E-state index contributed by atoms with van der Waals surface area (Å²) in [4.78, 5) is 39.2. The molecule has 0 spiro atoms. The Labute approximate surface area is 231 Å². The lowest BCUT2D eigenvalue weighted by Crippen LogP contribution is -2.30. The minimum absolute atomic E-state index is 0.0229. The van der Waals surface area contributed by atoms with Crippen molar-refractivity contribution in [2.45, 2.75) is 6.92 Å². The molecule has 2 amide bonds. The van der Waals surface area contributed by atoms with Crippen LogP contribution in [0.2, 0.25) is 0 Å². The Hall–Kier alpha value is -5.50. The molecule has 0 aliphatic heterocycles. The highest BCUT2D eigenvalue weighted by Crippen LogP contribution is 2.32. The van der Waals surface area contributed by atoms with Gasteiger partial charge < -0.3 is 15.4 Å². The van der Waals surface area contributed by atoms with Crippen molar-refractivity contribution >= 4 is 46.4 Å². The molecular formula is C32H26N4O4. The number of aryl methyl sites for hydroxylation is 1. The number of ketones is 1. The Balaban J connectivity index is 1.42. The third kappa shape index (κ3) is 5.51. The first kappa shape index (κ1) is 26.1. The van der Waals surface area contributed by atoms with Crippen molar-refractivity contribution in [2.75, 3.05) is 23.2 Å². The highest BCUT2D eigenvalue weighted by atomic mass is 16.5. The number of Topliss-reactive ketones (excluding diaryl/α,β-unsaturated/α-hetero) is 1. The quantitative estimate of drug-likeness (QED) is 0.211. The van der Waals surface area contributed by atoms with E-state index in [2.05, 4.69) is 21.2 Å². The third-order valence-corrected chi connectivity index (χ3v) is 6.37. The summed E-state index contributed by atoms with van der Waals surface area (Å²) < 4.78 is 5.55. The van der Waals surface area contributed by atoms with Crippen LogP contribution in [0.15, 0.2) is 108 Å². The molecule has 40 heavy (non-hydrogen) atoms. The van der Waals surface area contributed by atoms with Crippen molar-refractivity contribution in [3.8, 4) is 5.75 Å². The summed E-state index contributed by atoms with van der Waals surface area (Å²) in [6.45, 7) is 1.84. The minimum atomic E-state index is -0.523. The second-order valence-corrected chi connectivity index (χ2v) is 9.05. The van der Waals surface area contributed by atoms with E-state index in [0.29, 0.717) is 39.5 Å². The predicted octanol–water partition coefficient (Wildman–Crippen LogP) is 5.68. The molecule has 0 atom stereocenters. The van der Waals surface area contributed by atoms with Gasteiger partial charge in [-0.2, -0.15) is 5.10 Å². The number of benzene rings is 4. The van der Waals surface area contributed by atoms with E-state index in [4.69, 9.17) is 4.74 Å². The number of fused-ring (bicyclic) bond motifs is 1. The van der Waals surface area contributed by atoms with Gasteiger partial charge in [-0.15, -0.1) is 0 Å². The number of hydrazone groups is 1. The van der Waals surface area contributed by atoms with Gasteiger partial charge in [0.15, 0.2) is 0 Å². The van der Waals surface area contributed by atoms with Crippen molar-refractivity contribution < 1.29 is 19.1 Å². The van der Waals surface area contributed by atoms with E-state index < -0.39 is 11.7 Å². The maximum atomic E-state index is 13.5. The molecule has 0 fully saturated rings. The lowest BCUT2D eigenvalue weighted by atomic mass is 9.89. The zero-order valence-electron chi connectivity index (χ0n) is 21.9. The third-order valence-electron chi connectivity index (χ3n) is 6.37. The Bertz CT molecular complexity index is 1660. The van der Waals surface area contributed by atoms with Crippen molar-refractivity contribution in [2.24, 2.45) is 5.10 Å². The first-order valence-corrected chi connectivity index (χ1v) is 12.6. The van der Waals surface area contributed by atoms with Gasteiger partial charge in [-0.3, -0.25) is 19.8 Å². The van der Waals surface area contributed by atoms with Gasteiger partial charge in [0.05, 0.1) is 18.4 Å². The number of carbonyl (C=O) groups excluding carboxylic acids is 3. The van der Waals surface area contributed by atoms with Gasteiger partial charge in [0.2, 0.25) is 5.78 Å². The van der Waals surface area contributed by atoms with Crippen molar-refractivity contribution in [3.63, 3.8) is 0 Å². The molecule has 8 heteroatoms. The van der Waals surface area contributed by atoms with Crippen LogP contribution in [-0.2, 0) is 9.59 Å². The molecule has 198 valence electrons. The number of ether oxygens (including phenoxy) is 1. The number of carbonyl (C=O) groups is 3. The van der Waals surface area contributed by atoms with Gasteiger partial charge in [-0.1, -0.05) is 60.7 Å². The van der Waals surface area contributed by atoms with Gasteiger partial charge in [0.1, 0.15) is 11.5 Å². The monoisotopic (exact) mass is 530 g/mol. The van der Waals surface area contributed by atoms with Crippen LogP contribution in [0.1, 0.15) is 27.0 Å². The minimum Gasteiger partial charge on any atom is -0.494 e. The molecule has 1 aliphatic carbocycles. The summed E-state index contributed by atoms with van der Waals surface area (Å²) in [6.07, 6.45) is 1.57. The van der Waals surface area contributed by atoms with Crippen molar-refractivity contribution in [1.29, 1.82) is 0 Å². The Morgan fingerprint density at radius 3 is 2.17 bits per heavy atom. The number of nitrogens with one attached hydrogen (secondary N) is 3. The van der Waals surface area contributed by atoms with Gasteiger partial charge in [0, 0.05) is 28.6 Å². The van der Waals surface area contributed by atoms with E-state index in [-0.39, 0.29) is 17.2 Å². The van der Waals surface area contributed by atoms with Gasteiger partial charge in [-0.05, 0) is 54.5 Å². The van der Waals surface area contributed by atoms with Crippen molar-refractivity contribution in [3.05, 3.63) is 125 Å². The number of anilines is 3. The normalized spacial score (nSPS) is 13.2. The molecule has 4 aromatic carbocycles. The zero-order chi connectivity index (χ0) is 28.1. The van der Waals surface area contributed by atoms with Gasteiger partial charge in [0.25, 0.3) is 11.8 Å². The summed E-state index contributed by atoms with van der Waals surface area (Å²) in [5.74, 6) is -0.871.